The molecule has 1 unspecified atom stereocenters. The van der Waals surface area contributed by atoms with Gasteiger partial charge in [-0.2, -0.15) is 0 Å². The Morgan fingerprint density at radius 2 is 2.29 bits per heavy atom. The fraction of sp³-hybridized carbons (Fsp3) is 0.500. The van der Waals surface area contributed by atoms with Crippen molar-refractivity contribution >= 4 is 11.9 Å². The van der Waals surface area contributed by atoms with Crippen molar-refractivity contribution in [1.29, 1.82) is 0 Å². The van der Waals surface area contributed by atoms with Crippen LogP contribution in [0.3, 0.4) is 0 Å². The van der Waals surface area contributed by atoms with E-state index in [9.17, 15) is 9.59 Å². The SMILES string of the molecule is COc1cccc(CN2C(=O)NC3(CCCNC3)C2=O)n1. The van der Waals surface area contributed by atoms with E-state index in [0.717, 1.165) is 13.0 Å². The van der Waals surface area contributed by atoms with Gasteiger partial charge in [0.1, 0.15) is 5.54 Å². The molecule has 2 aliphatic rings. The lowest BCUT2D eigenvalue weighted by molar-refractivity contribution is -0.132. The molecule has 3 rings (SSSR count). The van der Waals surface area contributed by atoms with Crippen LogP contribution in [-0.4, -0.2) is 47.6 Å². The molecule has 2 N–H and O–H groups in total. The molecule has 0 bridgehead atoms. The van der Waals surface area contributed by atoms with Gasteiger partial charge in [0, 0.05) is 12.6 Å². The second-order valence-electron chi connectivity index (χ2n) is 5.36. The minimum absolute atomic E-state index is 0.156. The highest BCUT2D eigenvalue weighted by molar-refractivity contribution is 6.07. The number of aromatic nitrogens is 1. The van der Waals surface area contributed by atoms with Crippen LogP contribution in [0.2, 0.25) is 0 Å². The Morgan fingerprint density at radius 3 is 3.00 bits per heavy atom. The molecule has 3 heterocycles. The van der Waals surface area contributed by atoms with Gasteiger partial charge in [-0.05, 0) is 25.5 Å². The van der Waals surface area contributed by atoms with Gasteiger partial charge in [0.2, 0.25) is 5.88 Å². The summed E-state index contributed by atoms with van der Waals surface area (Å²) in [5.41, 5.74) is -0.160. The van der Waals surface area contributed by atoms with Crippen molar-refractivity contribution in [1.82, 2.24) is 20.5 Å². The molecule has 1 aromatic heterocycles. The highest BCUT2D eigenvalue weighted by Crippen LogP contribution is 2.26. The van der Waals surface area contributed by atoms with Crippen LogP contribution in [0.5, 0.6) is 5.88 Å². The van der Waals surface area contributed by atoms with Gasteiger partial charge in [0.25, 0.3) is 5.91 Å². The van der Waals surface area contributed by atoms with E-state index in [1.807, 2.05) is 0 Å². The van der Waals surface area contributed by atoms with Crippen molar-refractivity contribution in [2.45, 2.75) is 24.9 Å². The van der Waals surface area contributed by atoms with Gasteiger partial charge in [0.05, 0.1) is 19.3 Å². The Balaban J connectivity index is 1.79. The summed E-state index contributed by atoms with van der Waals surface area (Å²) >= 11 is 0. The quantitative estimate of drug-likeness (QED) is 0.780. The first-order chi connectivity index (χ1) is 10.1. The standard InChI is InChI=1S/C14H18N4O3/c1-21-11-5-2-4-10(16-11)8-18-12(19)14(17-13(18)20)6-3-7-15-9-14/h2,4-5,15H,3,6-9H2,1H3,(H,17,20). The molecular formula is C14H18N4O3. The maximum atomic E-state index is 12.6. The predicted molar refractivity (Wildman–Crippen MR) is 74.7 cm³/mol. The fourth-order valence-corrected chi connectivity index (χ4v) is 2.84. The van der Waals surface area contributed by atoms with Crippen molar-refractivity contribution in [2.24, 2.45) is 0 Å². The first-order valence-electron chi connectivity index (χ1n) is 6.99. The van der Waals surface area contributed by atoms with Crippen molar-refractivity contribution < 1.29 is 14.3 Å². The van der Waals surface area contributed by atoms with E-state index in [4.69, 9.17) is 4.74 Å². The van der Waals surface area contributed by atoms with Crippen LogP contribution in [0, 0.1) is 0 Å². The summed E-state index contributed by atoms with van der Waals surface area (Å²) in [6.45, 7) is 1.52. The third kappa shape index (κ3) is 2.44. The normalized spacial score (nSPS) is 25.3. The van der Waals surface area contributed by atoms with Gasteiger partial charge < -0.3 is 15.4 Å². The molecule has 3 amide bonds. The zero-order chi connectivity index (χ0) is 14.9. The lowest BCUT2D eigenvalue weighted by atomic mass is 9.90. The van der Waals surface area contributed by atoms with E-state index in [-0.39, 0.29) is 18.5 Å². The Kier molecular flexibility index (Phi) is 3.50. The summed E-state index contributed by atoms with van der Waals surface area (Å²) in [5, 5.41) is 6.01. The Bertz CT molecular complexity index is 569. The van der Waals surface area contributed by atoms with Gasteiger partial charge in [-0.1, -0.05) is 6.07 Å². The van der Waals surface area contributed by atoms with E-state index in [2.05, 4.69) is 15.6 Å². The molecule has 1 atom stereocenters. The number of carbonyl (C=O) groups is 2. The van der Waals surface area contributed by atoms with Crippen molar-refractivity contribution in [3.63, 3.8) is 0 Å². The average Bonchev–Trinajstić information content (AvgIpc) is 2.73. The van der Waals surface area contributed by atoms with Crippen LogP contribution in [-0.2, 0) is 11.3 Å². The van der Waals surface area contributed by atoms with Crippen molar-refractivity contribution in [2.75, 3.05) is 20.2 Å². The van der Waals surface area contributed by atoms with Crippen LogP contribution in [0.25, 0.3) is 0 Å². The van der Waals surface area contributed by atoms with Gasteiger partial charge in [-0.3, -0.25) is 9.69 Å². The number of hydrogen-bond donors (Lipinski definition) is 2. The first-order valence-corrected chi connectivity index (χ1v) is 6.99. The number of rotatable bonds is 3. The summed E-state index contributed by atoms with van der Waals surface area (Å²) in [7, 11) is 1.53. The van der Waals surface area contributed by atoms with Crippen molar-refractivity contribution in [3.8, 4) is 5.88 Å². The molecule has 7 nitrogen and oxygen atoms in total. The molecule has 0 aliphatic carbocycles. The smallest absolute Gasteiger partial charge is 0.325 e. The maximum Gasteiger partial charge on any atom is 0.325 e. The number of imide groups is 1. The number of piperidine rings is 1. The summed E-state index contributed by atoms with van der Waals surface area (Å²) in [6.07, 6.45) is 1.55. The van der Waals surface area contributed by atoms with E-state index in [1.165, 1.54) is 12.0 Å². The van der Waals surface area contributed by atoms with Crippen LogP contribution >= 0.6 is 0 Å². The topological polar surface area (TPSA) is 83.6 Å². The molecule has 0 saturated carbocycles. The molecule has 1 aromatic rings. The molecule has 0 radical (unpaired) electrons. The number of urea groups is 1. The number of methoxy groups -OCH3 is 1. The Labute approximate surface area is 122 Å². The highest BCUT2D eigenvalue weighted by Gasteiger charge is 2.51. The molecular weight excluding hydrogens is 272 g/mol. The number of nitrogens with one attached hydrogen (secondary N) is 2. The molecule has 1 spiro atoms. The minimum Gasteiger partial charge on any atom is -0.481 e. The first kappa shape index (κ1) is 13.8. The maximum absolute atomic E-state index is 12.6. The molecule has 2 fully saturated rings. The molecule has 2 aliphatic heterocycles. The number of hydrogen-bond acceptors (Lipinski definition) is 5. The molecule has 21 heavy (non-hydrogen) atoms. The Morgan fingerprint density at radius 1 is 1.43 bits per heavy atom. The minimum atomic E-state index is -0.784. The average molecular weight is 290 g/mol. The van der Waals surface area contributed by atoms with Gasteiger partial charge in [0.15, 0.2) is 0 Å². The summed E-state index contributed by atoms with van der Waals surface area (Å²) in [5.74, 6) is 0.290. The van der Waals surface area contributed by atoms with E-state index in [0.29, 0.717) is 24.5 Å². The van der Waals surface area contributed by atoms with E-state index < -0.39 is 5.54 Å². The van der Waals surface area contributed by atoms with Crippen LogP contribution in [0.15, 0.2) is 18.2 Å². The van der Waals surface area contributed by atoms with Gasteiger partial charge in [-0.25, -0.2) is 9.78 Å². The second kappa shape index (κ2) is 5.33. The number of carbonyl (C=O) groups excluding carboxylic acids is 2. The summed E-state index contributed by atoms with van der Waals surface area (Å²) in [6, 6.07) is 4.93. The summed E-state index contributed by atoms with van der Waals surface area (Å²) < 4.78 is 5.06. The number of nitrogens with zero attached hydrogens (tertiary/aromatic N) is 2. The van der Waals surface area contributed by atoms with E-state index >= 15 is 0 Å². The fourth-order valence-electron chi connectivity index (χ4n) is 2.84. The van der Waals surface area contributed by atoms with Crippen LogP contribution in [0.1, 0.15) is 18.5 Å². The third-order valence-corrected chi connectivity index (χ3v) is 3.94. The molecule has 0 aromatic carbocycles. The van der Waals surface area contributed by atoms with Gasteiger partial charge >= 0.3 is 6.03 Å². The highest BCUT2D eigenvalue weighted by atomic mass is 16.5. The Hall–Kier alpha value is -2.15. The molecule has 2 saturated heterocycles. The van der Waals surface area contributed by atoms with Gasteiger partial charge in [-0.15, -0.1) is 0 Å². The number of pyridine rings is 1. The van der Waals surface area contributed by atoms with Crippen LogP contribution < -0.4 is 15.4 Å². The largest absolute Gasteiger partial charge is 0.481 e. The lowest BCUT2D eigenvalue weighted by Gasteiger charge is -2.31. The number of amides is 3. The van der Waals surface area contributed by atoms with Crippen LogP contribution in [0.4, 0.5) is 4.79 Å². The number of ether oxygens (including phenoxy) is 1. The third-order valence-electron chi connectivity index (χ3n) is 3.94. The zero-order valence-corrected chi connectivity index (χ0v) is 11.9. The predicted octanol–water partition coefficient (Wildman–Crippen LogP) is 0.264. The van der Waals surface area contributed by atoms with E-state index in [1.54, 1.807) is 18.2 Å². The second-order valence-corrected chi connectivity index (χ2v) is 5.36. The summed E-state index contributed by atoms with van der Waals surface area (Å²) in [4.78, 5) is 30.2. The van der Waals surface area contributed by atoms with Crippen molar-refractivity contribution in [3.05, 3.63) is 23.9 Å². The monoisotopic (exact) mass is 290 g/mol. The zero-order valence-electron chi connectivity index (χ0n) is 11.9. The molecule has 7 heteroatoms. The molecule has 112 valence electrons. The lowest BCUT2D eigenvalue weighted by Crippen LogP contribution is -2.57.